The summed E-state index contributed by atoms with van der Waals surface area (Å²) in [5.41, 5.74) is 0. The van der Waals surface area contributed by atoms with Crippen molar-refractivity contribution in [3.63, 3.8) is 0 Å². The number of carbonyl (C=O) groups excluding carboxylic acids is 3. The molecule has 0 aromatic carbocycles. The van der Waals surface area contributed by atoms with Crippen LogP contribution in [-0.4, -0.2) is 58.6 Å². The molecule has 0 N–H and O–H groups in total. The molecule has 0 bridgehead atoms. The molecule has 10 heteroatoms. The van der Waals surface area contributed by atoms with Crippen LogP contribution in [0.4, 0.5) is 0 Å². The van der Waals surface area contributed by atoms with Crippen molar-refractivity contribution < 1.29 is 42.2 Å². The largest absolute Gasteiger partial charge is 0.469 e. The zero-order valence-electron chi connectivity index (χ0n) is 13.9. The summed E-state index contributed by atoms with van der Waals surface area (Å²) in [5, 5.41) is -1.83. The second-order valence-corrected chi connectivity index (χ2v) is 7.12. The number of methoxy groups -OCH3 is 3. The molecule has 0 aliphatic carbocycles. The lowest BCUT2D eigenvalue weighted by Gasteiger charge is -2.34. The van der Waals surface area contributed by atoms with Gasteiger partial charge < -0.3 is 23.3 Å². The van der Waals surface area contributed by atoms with Gasteiger partial charge in [-0.1, -0.05) is 0 Å². The molecule has 0 aromatic rings. The molecule has 0 saturated heterocycles. The molecule has 9 nitrogen and oxygen atoms in total. The van der Waals surface area contributed by atoms with Crippen LogP contribution in [0.25, 0.3) is 0 Å². The minimum absolute atomic E-state index is 0.233. The maximum atomic E-state index is 12.9. The second kappa shape index (κ2) is 9.64. The Bertz CT molecular complexity index is 446. The summed E-state index contributed by atoms with van der Waals surface area (Å²) in [7, 11) is 1.67. The van der Waals surface area contributed by atoms with Crippen molar-refractivity contribution in [1.82, 2.24) is 0 Å². The van der Waals surface area contributed by atoms with E-state index in [9.17, 15) is 18.9 Å². The standard InChI is InChI=1S/C13H23O9P/c1-18-10(14)6-8-13(12(16)20-3,9-7-11(15)19-2)23(17,21-4)22-5/h6-9H2,1-5H3. The van der Waals surface area contributed by atoms with Gasteiger partial charge in [0, 0.05) is 27.1 Å². The molecule has 0 aliphatic heterocycles. The summed E-state index contributed by atoms with van der Waals surface area (Å²) in [6, 6.07) is 0. The molecule has 0 spiro atoms. The molecule has 0 radical (unpaired) electrons. The van der Waals surface area contributed by atoms with Gasteiger partial charge in [-0.05, 0) is 12.8 Å². The number of carbonyl (C=O) groups is 3. The van der Waals surface area contributed by atoms with Crippen LogP contribution in [0, 0.1) is 0 Å². The highest BCUT2D eigenvalue weighted by Gasteiger charge is 2.57. The zero-order valence-corrected chi connectivity index (χ0v) is 14.8. The van der Waals surface area contributed by atoms with Gasteiger partial charge in [-0.3, -0.25) is 18.9 Å². The van der Waals surface area contributed by atoms with Crippen molar-refractivity contribution in [2.45, 2.75) is 30.8 Å². The Kier molecular flexibility index (Phi) is 9.04. The molecule has 134 valence electrons. The molecule has 0 heterocycles. The second-order valence-electron chi connectivity index (χ2n) is 4.54. The highest BCUT2D eigenvalue weighted by atomic mass is 31.2. The van der Waals surface area contributed by atoms with E-state index in [2.05, 4.69) is 9.47 Å². The average Bonchev–Trinajstić information content (AvgIpc) is 2.59. The van der Waals surface area contributed by atoms with Crippen LogP contribution < -0.4 is 0 Å². The smallest absolute Gasteiger partial charge is 0.347 e. The third-order valence-corrected chi connectivity index (χ3v) is 6.15. The fourth-order valence-electron chi connectivity index (χ4n) is 2.15. The SMILES string of the molecule is COC(=O)CCC(CCC(=O)OC)(C(=O)OC)P(=O)(OC)OC. The van der Waals surface area contributed by atoms with Crippen molar-refractivity contribution in [2.24, 2.45) is 0 Å². The monoisotopic (exact) mass is 354 g/mol. The first-order valence-corrected chi connectivity index (χ1v) is 8.24. The third kappa shape index (κ3) is 5.02. The maximum Gasteiger partial charge on any atom is 0.347 e. The fraction of sp³-hybridized carbons (Fsp3) is 0.769. The normalized spacial score (nSPS) is 11.7. The Hall–Kier alpha value is -1.44. The van der Waals surface area contributed by atoms with Crippen molar-refractivity contribution in [3.8, 4) is 0 Å². The van der Waals surface area contributed by atoms with Crippen LogP contribution >= 0.6 is 7.60 Å². The highest BCUT2D eigenvalue weighted by Crippen LogP contribution is 2.63. The summed E-state index contributed by atoms with van der Waals surface area (Å²) in [6.45, 7) is 0. The molecule has 0 rings (SSSR count). The maximum absolute atomic E-state index is 12.9. The topological polar surface area (TPSA) is 114 Å². The molecule has 23 heavy (non-hydrogen) atoms. The van der Waals surface area contributed by atoms with Gasteiger partial charge in [-0.2, -0.15) is 0 Å². The van der Waals surface area contributed by atoms with Gasteiger partial charge in [0.2, 0.25) is 0 Å². The molecule has 0 aliphatic rings. The van der Waals surface area contributed by atoms with E-state index in [0.717, 1.165) is 21.3 Å². The van der Waals surface area contributed by atoms with Crippen molar-refractivity contribution in [3.05, 3.63) is 0 Å². The molecule has 0 saturated carbocycles. The predicted molar refractivity (Wildman–Crippen MR) is 78.9 cm³/mol. The van der Waals surface area contributed by atoms with Gasteiger partial charge in [0.1, 0.15) is 0 Å². The highest BCUT2D eigenvalue weighted by molar-refractivity contribution is 7.56. The first-order chi connectivity index (χ1) is 10.8. The number of rotatable bonds is 10. The van der Waals surface area contributed by atoms with Gasteiger partial charge in [0.05, 0.1) is 21.3 Å². The molecule has 0 aromatic heterocycles. The molecular weight excluding hydrogens is 331 g/mol. The van der Waals surface area contributed by atoms with E-state index in [-0.39, 0.29) is 25.7 Å². The van der Waals surface area contributed by atoms with Gasteiger partial charge in [-0.25, -0.2) is 0 Å². The van der Waals surface area contributed by atoms with Crippen molar-refractivity contribution >= 4 is 25.5 Å². The van der Waals surface area contributed by atoms with Crippen LogP contribution in [0.1, 0.15) is 25.7 Å². The van der Waals surface area contributed by atoms with Gasteiger partial charge in [0.25, 0.3) is 0 Å². The number of hydrogen-bond acceptors (Lipinski definition) is 9. The summed E-state index contributed by atoms with van der Waals surface area (Å²) in [4.78, 5) is 35.2. The molecule has 0 unspecified atom stereocenters. The van der Waals surface area contributed by atoms with E-state index >= 15 is 0 Å². The summed E-state index contributed by atoms with van der Waals surface area (Å²) < 4.78 is 36.6. The minimum Gasteiger partial charge on any atom is -0.469 e. The third-order valence-electron chi connectivity index (χ3n) is 3.51. The summed E-state index contributed by atoms with van der Waals surface area (Å²) in [5.74, 6) is -2.14. The first kappa shape index (κ1) is 21.6. The minimum atomic E-state index is -4.02. The van der Waals surface area contributed by atoms with Gasteiger partial charge in [0.15, 0.2) is 5.16 Å². The Morgan fingerprint density at radius 3 is 1.43 bits per heavy atom. The molecule has 0 amide bonds. The lowest BCUT2D eigenvalue weighted by Crippen LogP contribution is -2.41. The van der Waals surface area contributed by atoms with E-state index < -0.39 is 30.7 Å². The van der Waals surface area contributed by atoms with E-state index in [0.29, 0.717) is 0 Å². The average molecular weight is 354 g/mol. The van der Waals surface area contributed by atoms with Crippen LogP contribution in [0.5, 0.6) is 0 Å². The number of ether oxygens (including phenoxy) is 3. The Morgan fingerprint density at radius 2 is 1.17 bits per heavy atom. The zero-order chi connectivity index (χ0) is 18.1. The quantitative estimate of drug-likeness (QED) is 0.325. The Labute approximate surface area is 135 Å². The number of esters is 3. The Balaban J connectivity index is 5.80. The van der Waals surface area contributed by atoms with Crippen molar-refractivity contribution in [2.75, 3.05) is 35.5 Å². The van der Waals surface area contributed by atoms with E-state index in [1.165, 1.54) is 14.2 Å². The van der Waals surface area contributed by atoms with Crippen molar-refractivity contribution in [1.29, 1.82) is 0 Å². The first-order valence-electron chi connectivity index (χ1n) is 6.70. The van der Waals surface area contributed by atoms with E-state index in [1.54, 1.807) is 0 Å². The lowest BCUT2D eigenvalue weighted by molar-refractivity contribution is -0.146. The predicted octanol–water partition coefficient (Wildman–Crippen LogP) is 1.29. The van der Waals surface area contributed by atoms with Crippen LogP contribution in [-0.2, 0) is 42.2 Å². The summed E-state index contributed by atoms with van der Waals surface area (Å²) in [6.07, 6.45) is -0.933. The van der Waals surface area contributed by atoms with Crippen LogP contribution in [0.2, 0.25) is 0 Å². The fourth-order valence-corrected chi connectivity index (χ4v) is 4.08. The van der Waals surface area contributed by atoms with E-state index in [1.807, 2.05) is 0 Å². The van der Waals surface area contributed by atoms with Crippen LogP contribution in [0.3, 0.4) is 0 Å². The molecule has 0 fully saturated rings. The lowest BCUT2D eigenvalue weighted by atomic mass is 9.96. The van der Waals surface area contributed by atoms with E-state index in [4.69, 9.17) is 13.8 Å². The van der Waals surface area contributed by atoms with Crippen LogP contribution in [0.15, 0.2) is 0 Å². The molecule has 0 atom stereocenters. The summed E-state index contributed by atoms with van der Waals surface area (Å²) >= 11 is 0. The molecular formula is C13H23O9P. The Morgan fingerprint density at radius 1 is 0.783 bits per heavy atom. The van der Waals surface area contributed by atoms with Gasteiger partial charge in [-0.15, -0.1) is 0 Å². The number of hydrogen-bond donors (Lipinski definition) is 0. The van der Waals surface area contributed by atoms with Gasteiger partial charge >= 0.3 is 25.5 Å².